The Morgan fingerprint density at radius 3 is 2.41 bits per heavy atom. The van der Waals surface area contributed by atoms with Crippen LogP contribution in [0, 0.1) is 0 Å². The molecule has 5 heteroatoms. The van der Waals surface area contributed by atoms with E-state index in [0.717, 1.165) is 4.47 Å². The van der Waals surface area contributed by atoms with E-state index in [9.17, 15) is 9.59 Å². The topological polar surface area (TPSA) is 55.4 Å². The molecule has 0 heterocycles. The number of methoxy groups -OCH3 is 1. The molecule has 0 fully saturated rings. The molecule has 0 bridgehead atoms. The molecule has 92 valence electrons. The molecule has 1 amide bonds. The average Bonchev–Trinajstić information content (AvgIpc) is 2.35. The van der Waals surface area contributed by atoms with Gasteiger partial charge in [0, 0.05) is 10.0 Å². The summed E-state index contributed by atoms with van der Waals surface area (Å²) in [6, 6.07) is 6.31. The number of carbonyl (C=O) groups is 2. The Kier molecular flexibility index (Phi) is 5.15. The number of nitrogens with one attached hydrogen (secondary N) is 1. The Hall–Kier alpha value is -1.36. The minimum Gasteiger partial charge on any atom is -0.467 e. The van der Waals surface area contributed by atoms with E-state index in [-0.39, 0.29) is 5.91 Å². The Morgan fingerprint density at radius 1 is 1.35 bits per heavy atom. The second-order valence-electron chi connectivity index (χ2n) is 3.46. The molecule has 0 aliphatic heterocycles. The van der Waals surface area contributed by atoms with E-state index in [1.807, 2.05) is 6.92 Å². The fourth-order valence-electron chi connectivity index (χ4n) is 1.31. The van der Waals surface area contributed by atoms with Gasteiger partial charge in [0.15, 0.2) is 0 Å². The van der Waals surface area contributed by atoms with Crippen LogP contribution in [0.15, 0.2) is 28.7 Å². The Bertz CT molecular complexity index is 403. The smallest absolute Gasteiger partial charge is 0.328 e. The summed E-state index contributed by atoms with van der Waals surface area (Å²) in [5.74, 6) is -0.715. The van der Waals surface area contributed by atoms with Gasteiger partial charge in [-0.05, 0) is 30.7 Å². The van der Waals surface area contributed by atoms with Gasteiger partial charge in [0.05, 0.1) is 7.11 Å². The van der Waals surface area contributed by atoms with E-state index in [1.54, 1.807) is 24.3 Å². The van der Waals surface area contributed by atoms with Gasteiger partial charge < -0.3 is 10.1 Å². The van der Waals surface area contributed by atoms with Gasteiger partial charge in [-0.3, -0.25) is 4.79 Å². The van der Waals surface area contributed by atoms with Crippen LogP contribution in [0.4, 0.5) is 0 Å². The highest BCUT2D eigenvalue weighted by Gasteiger charge is 2.19. The van der Waals surface area contributed by atoms with E-state index in [1.165, 1.54) is 7.11 Å². The third-order valence-electron chi connectivity index (χ3n) is 2.31. The molecule has 1 aromatic rings. The van der Waals surface area contributed by atoms with Crippen molar-refractivity contribution in [3.63, 3.8) is 0 Å². The minimum atomic E-state index is -0.601. The summed E-state index contributed by atoms with van der Waals surface area (Å²) in [4.78, 5) is 23.1. The predicted octanol–water partition coefficient (Wildman–Crippen LogP) is 2.13. The third-order valence-corrected chi connectivity index (χ3v) is 2.83. The molecule has 1 atom stereocenters. The van der Waals surface area contributed by atoms with Crippen molar-refractivity contribution in [2.45, 2.75) is 19.4 Å². The van der Waals surface area contributed by atoms with E-state index < -0.39 is 12.0 Å². The van der Waals surface area contributed by atoms with Gasteiger partial charge in [0.2, 0.25) is 0 Å². The van der Waals surface area contributed by atoms with Crippen molar-refractivity contribution in [1.82, 2.24) is 5.32 Å². The lowest BCUT2D eigenvalue weighted by Gasteiger charge is -2.14. The lowest BCUT2D eigenvalue weighted by atomic mass is 10.1. The zero-order chi connectivity index (χ0) is 12.8. The summed E-state index contributed by atoms with van der Waals surface area (Å²) in [6.45, 7) is 1.81. The van der Waals surface area contributed by atoms with Crippen molar-refractivity contribution in [2.24, 2.45) is 0 Å². The number of hydrogen-bond acceptors (Lipinski definition) is 3. The molecule has 0 spiro atoms. The summed E-state index contributed by atoms with van der Waals surface area (Å²) >= 11 is 3.29. The summed E-state index contributed by atoms with van der Waals surface area (Å²) in [5, 5.41) is 2.62. The average molecular weight is 300 g/mol. The maximum absolute atomic E-state index is 11.8. The number of rotatable bonds is 4. The van der Waals surface area contributed by atoms with E-state index >= 15 is 0 Å². The fourth-order valence-corrected chi connectivity index (χ4v) is 1.58. The number of amides is 1. The molecule has 1 aromatic carbocycles. The van der Waals surface area contributed by atoms with Crippen molar-refractivity contribution in [3.8, 4) is 0 Å². The second kappa shape index (κ2) is 6.39. The van der Waals surface area contributed by atoms with Crippen LogP contribution in [0.2, 0.25) is 0 Å². The van der Waals surface area contributed by atoms with Crippen LogP contribution in [0.1, 0.15) is 23.7 Å². The minimum absolute atomic E-state index is 0.283. The number of halogens is 1. The molecular formula is C12H14BrNO3. The van der Waals surface area contributed by atoms with E-state index in [4.69, 9.17) is 0 Å². The van der Waals surface area contributed by atoms with Gasteiger partial charge in [-0.2, -0.15) is 0 Å². The van der Waals surface area contributed by atoms with Crippen molar-refractivity contribution in [3.05, 3.63) is 34.3 Å². The maximum atomic E-state index is 11.8. The molecule has 0 aliphatic carbocycles. The first-order valence-corrected chi connectivity index (χ1v) is 6.02. The van der Waals surface area contributed by atoms with Crippen molar-refractivity contribution in [2.75, 3.05) is 7.11 Å². The number of carbonyl (C=O) groups excluding carboxylic acids is 2. The fraction of sp³-hybridized carbons (Fsp3) is 0.333. The van der Waals surface area contributed by atoms with Gasteiger partial charge in [0.25, 0.3) is 5.91 Å². The number of hydrogen-bond donors (Lipinski definition) is 1. The van der Waals surface area contributed by atoms with Crippen molar-refractivity contribution in [1.29, 1.82) is 0 Å². The van der Waals surface area contributed by atoms with Crippen LogP contribution in [-0.2, 0) is 9.53 Å². The first-order chi connectivity index (χ1) is 8.08. The standard InChI is InChI=1S/C12H14BrNO3/c1-3-10(12(16)17-2)14-11(15)8-4-6-9(13)7-5-8/h4-7,10H,3H2,1-2H3,(H,14,15). The summed E-state index contributed by atoms with van der Waals surface area (Å²) in [6.07, 6.45) is 0.495. The summed E-state index contributed by atoms with van der Waals surface area (Å²) < 4.78 is 5.50. The SMILES string of the molecule is CCC(NC(=O)c1ccc(Br)cc1)C(=O)OC. The van der Waals surface area contributed by atoms with Gasteiger partial charge >= 0.3 is 5.97 Å². The molecule has 1 rings (SSSR count). The second-order valence-corrected chi connectivity index (χ2v) is 4.38. The van der Waals surface area contributed by atoms with Crippen LogP contribution >= 0.6 is 15.9 Å². The molecule has 17 heavy (non-hydrogen) atoms. The van der Waals surface area contributed by atoms with Crippen LogP contribution in [0.25, 0.3) is 0 Å². The quantitative estimate of drug-likeness (QED) is 0.867. The largest absolute Gasteiger partial charge is 0.467 e. The highest BCUT2D eigenvalue weighted by atomic mass is 79.9. The Labute approximate surface area is 108 Å². The molecule has 0 radical (unpaired) electrons. The highest BCUT2D eigenvalue weighted by Crippen LogP contribution is 2.10. The zero-order valence-electron chi connectivity index (χ0n) is 9.70. The van der Waals surface area contributed by atoms with Crippen LogP contribution < -0.4 is 5.32 Å². The maximum Gasteiger partial charge on any atom is 0.328 e. The molecule has 4 nitrogen and oxygen atoms in total. The lowest BCUT2D eigenvalue weighted by molar-refractivity contribution is -0.142. The summed E-state index contributed by atoms with van der Waals surface area (Å²) in [5.41, 5.74) is 0.510. The van der Waals surface area contributed by atoms with Gasteiger partial charge in [-0.15, -0.1) is 0 Å². The third kappa shape index (κ3) is 3.85. The molecule has 0 aromatic heterocycles. The predicted molar refractivity (Wildman–Crippen MR) is 67.7 cm³/mol. The Balaban J connectivity index is 2.71. The van der Waals surface area contributed by atoms with Crippen molar-refractivity contribution >= 4 is 27.8 Å². The lowest BCUT2D eigenvalue weighted by Crippen LogP contribution is -2.40. The molecular weight excluding hydrogens is 286 g/mol. The van der Waals surface area contributed by atoms with Gasteiger partial charge in [-0.1, -0.05) is 22.9 Å². The van der Waals surface area contributed by atoms with Crippen LogP contribution in [0.5, 0.6) is 0 Å². The van der Waals surface area contributed by atoms with E-state index in [2.05, 4.69) is 26.0 Å². The number of esters is 1. The highest BCUT2D eigenvalue weighted by molar-refractivity contribution is 9.10. The Morgan fingerprint density at radius 2 is 1.94 bits per heavy atom. The van der Waals surface area contributed by atoms with Crippen LogP contribution in [-0.4, -0.2) is 25.0 Å². The molecule has 1 N–H and O–H groups in total. The zero-order valence-corrected chi connectivity index (χ0v) is 11.3. The first-order valence-electron chi connectivity index (χ1n) is 5.22. The monoisotopic (exact) mass is 299 g/mol. The molecule has 0 saturated carbocycles. The first kappa shape index (κ1) is 13.7. The van der Waals surface area contributed by atoms with Gasteiger partial charge in [-0.25, -0.2) is 4.79 Å². The normalized spacial score (nSPS) is 11.7. The van der Waals surface area contributed by atoms with Crippen LogP contribution in [0.3, 0.4) is 0 Å². The number of ether oxygens (including phenoxy) is 1. The summed E-state index contributed by atoms with van der Waals surface area (Å²) in [7, 11) is 1.30. The van der Waals surface area contributed by atoms with E-state index in [0.29, 0.717) is 12.0 Å². The molecule has 1 unspecified atom stereocenters. The number of benzene rings is 1. The van der Waals surface area contributed by atoms with Crippen molar-refractivity contribution < 1.29 is 14.3 Å². The molecule has 0 saturated heterocycles. The van der Waals surface area contributed by atoms with Gasteiger partial charge in [0.1, 0.15) is 6.04 Å². The molecule has 0 aliphatic rings.